The summed E-state index contributed by atoms with van der Waals surface area (Å²) < 4.78 is 11.5. The summed E-state index contributed by atoms with van der Waals surface area (Å²) in [6.45, 7) is 8.35. The van der Waals surface area contributed by atoms with Gasteiger partial charge in [-0.1, -0.05) is 17.3 Å². The molecule has 0 bridgehead atoms. The third kappa shape index (κ3) is 2.88. The minimum absolute atomic E-state index is 0.0749. The summed E-state index contributed by atoms with van der Waals surface area (Å²) in [4.78, 5) is 2.50. The van der Waals surface area contributed by atoms with E-state index in [9.17, 15) is 0 Å². The standard InChI is InChI=1S/C19H24N2O2/c1-13-9-18(23-20-13)16-5-4-8-21(16)12-14-6-7-17-15(10-14)11-19(2,3)22-17/h6-7,9-10,16H,4-5,8,11-12H2,1-3H3. The Bertz CT molecular complexity index is 720. The first-order valence-corrected chi connectivity index (χ1v) is 8.48. The van der Waals surface area contributed by atoms with Gasteiger partial charge in [0.2, 0.25) is 0 Å². The first-order valence-electron chi connectivity index (χ1n) is 8.48. The average Bonchev–Trinajstić information content (AvgIpc) is 3.16. The summed E-state index contributed by atoms with van der Waals surface area (Å²) in [6.07, 6.45) is 3.35. The zero-order valence-electron chi connectivity index (χ0n) is 14.1. The number of ether oxygens (including phenoxy) is 1. The highest BCUT2D eigenvalue weighted by atomic mass is 16.5. The second-order valence-corrected chi connectivity index (χ2v) is 7.48. The summed E-state index contributed by atoms with van der Waals surface area (Å²) in [5.74, 6) is 2.05. The van der Waals surface area contributed by atoms with Gasteiger partial charge in [-0.15, -0.1) is 0 Å². The highest BCUT2D eigenvalue weighted by Gasteiger charge is 2.32. The Morgan fingerprint density at radius 3 is 2.96 bits per heavy atom. The van der Waals surface area contributed by atoms with Gasteiger partial charge in [-0.05, 0) is 57.4 Å². The summed E-state index contributed by atoms with van der Waals surface area (Å²) in [7, 11) is 0. The van der Waals surface area contributed by atoms with E-state index >= 15 is 0 Å². The Morgan fingerprint density at radius 2 is 2.17 bits per heavy atom. The van der Waals surface area contributed by atoms with Gasteiger partial charge >= 0.3 is 0 Å². The Morgan fingerprint density at radius 1 is 1.30 bits per heavy atom. The van der Waals surface area contributed by atoms with Crippen molar-refractivity contribution in [1.29, 1.82) is 0 Å². The number of fused-ring (bicyclic) bond motifs is 1. The molecule has 1 saturated heterocycles. The van der Waals surface area contributed by atoms with Crippen LogP contribution in [0.2, 0.25) is 0 Å². The fourth-order valence-electron chi connectivity index (χ4n) is 3.87. The van der Waals surface area contributed by atoms with Crippen molar-refractivity contribution >= 4 is 0 Å². The molecule has 0 aliphatic carbocycles. The number of nitrogens with zero attached hydrogens (tertiary/aromatic N) is 2. The van der Waals surface area contributed by atoms with Crippen LogP contribution in [-0.4, -0.2) is 22.2 Å². The van der Waals surface area contributed by atoms with E-state index in [1.807, 2.05) is 6.92 Å². The second kappa shape index (κ2) is 5.38. The Kier molecular flexibility index (Phi) is 3.45. The van der Waals surface area contributed by atoms with E-state index in [0.717, 1.165) is 43.1 Å². The normalized spacial score (nSPS) is 23.0. The van der Waals surface area contributed by atoms with E-state index in [-0.39, 0.29) is 5.60 Å². The van der Waals surface area contributed by atoms with Crippen LogP contribution in [0.4, 0.5) is 0 Å². The topological polar surface area (TPSA) is 38.5 Å². The largest absolute Gasteiger partial charge is 0.487 e. The summed E-state index contributed by atoms with van der Waals surface area (Å²) in [6, 6.07) is 9.06. The molecule has 122 valence electrons. The van der Waals surface area contributed by atoms with Crippen molar-refractivity contribution in [3.8, 4) is 5.75 Å². The minimum Gasteiger partial charge on any atom is -0.487 e. The highest BCUT2D eigenvalue weighted by molar-refractivity contribution is 5.41. The van der Waals surface area contributed by atoms with Gasteiger partial charge in [0.1, 0.15) is 11.4 Å². The van der Waals surface area contributed by atoms with Crippen molar-refractivity contribution in [2.24, 2.45) is 0 Å². The van der Waals surface area contributed by atoms with Crippen LogP contribution in [-0.2, 0) is 13.0 Å². The Balaban J connectivity index is 1.52. The van der Waals surface area contributed by atoms with E-state index in [0.29, 0.717) is 6.04 Å². The first-order chi connectivity index (χ1) is 11.0. The SMILES string of the molecule is Cc1cc(C2CCCN2Cc2ccc3c(c2)CC(C)(C)O3)on1. The van der Waals surface area contributed by atoms with Crippen molar-refractivity contribution in [3.63, 3.8) is 0 Å². The van der Waals surface area contributed by atoms with Crippen molar-refractivity contribution in [3.05, 3.63) is 46.8 Å². The fourth-order valence-corrected chi connectivity index (χ4v) is 3.87. The van der Waals surface area contributed by atoms with Gasteiger partial charge in [0.05, 0.1) is 11.7 Å². The molecule has 0 saturated carbocycles. The number of rotatable bonds is 3. The van der Waals surface area contributed by atoms with Crippen LogP contribution in [0.5, 0.6) is 5.75 Å². The molecule has 4 heteroatoms. The molecule has 0 N–H and O–H groups in total. The Labute approximate surface area is 137 Å². The maximum absolute atomic E-state index is 5.98. The molecular weight excluding hydrogens is 288 g/mol. The number of aromatic nitrogens is 1. The van der Waals surface area contributed by atoms with E-state index < -0.39 is 0 Å². The smallest absolute Gasteiger partial charge is 0.154 e. The molecule has 2 aromatic rings. The van der Waals surface area contributed by atoms with Gasteiger partial charge in [-0.25, -0.2) is 0 Å². The van der Waals surface area contributed by atoms with Crippen LogP contribution in [0, 0.1) is 6.92 Å². The summed E-state index contributed by atoms with van der Waals surface area (Å²) >= 11 is 0. The molecule has 23 heavy (non-hydrogen) atoms. The Hall–Kier alpha value is -1.81. The van der Waals surface area contributed by atoms with E-state index in [2.05, 4.69) is 48.2 Å². The van der Waals surface area contributed by atoms with Crippen LogP contribution in [0.15, 0.2) is 28.8 Å². The van der Waals surface area contributed by atoms with Crippen molar-refractivity contribution in [2.75, 3.05) is 6.54 Å². The zero-order valence-corrected chi connectivity index (χ0v) is 14.1. The maximum Gasteiger partial charge on any atom is 0.154 e. The minimum atomic E-state index is -0.0749. The van der Waals surface area contributed by atoms with Crippen LogP contribution in [0.3, 0.4) is 0 Å². The third-order valence-electron chi connectivity index (χ3n) is 4.85. The predicted molar refractivity (Wildman–Crippen MR) is 88.5 cm³/mol. The van der Waals surface area contributed by atoms with E-state index in [4.69, 9.17) is 9.26 Å². The van der Waals surface area contributed by atoms with Crippen LogP contribution in [0.25, 0.3) is 0 Å². The number of hydrogen-bond donors (Lipinski definition) is 0. The lowest BCUT2D eigenvalue weighted by atomic mass is 10.00. The van der Waals surface area contributed by atoms with Gasteiger partial charge in [0.15, 0.2) is 5.76 Å². The van der Waals surface area contributed by atoms with Gasteiger partial charge in [-0.3, -0.25) is 4.90 Å². The number of likely N-dealkylation sites (tertiary alicyclic amines) is 1. The van der Waals surface area contributed by atoms with Gasteiger partial charge < -0.3 is 9.26 Å². The van der Waals surface area contributed by atoms with E-state index in [1.165, 1.54) is 17.5 Å². The van der Waals surface area contributed by atoms with Crippen LogP contribution in [0.1, 0.15) is 55.3 Å². The predicted octanol–water partition coefficient (Wildman–Crippen LogP) is 4.03. The van der Waals surface area contributed by atoms with Crippen LogP contribution < -0.4 is 4.74 Å². The number of benzene rings is 1. The lowest BCUT2D eigenvalue weighted by molar-refractivity contribution is 0.138. The highest BCUT2D eigenvalue weighted by Crippen LogP contribution is 2.37. The monoisotopic (exact) mass is 312 g/mol. The lowest BCUT2D eigenvalue weighted by Gasteiger charge is -2.22. The molecule has 2 aliphatic rings. The number of aryl methyl sites for hydroxylation is 1. The molecule has 1 atom stereocenters. The summed E-state index contributed by atoms with van der Waals surface area (Å²) in [5, 5.41) is 4.05. The van der Waals surface area contributed by atoms with E-state index in [1.54, 1.807) is 0 Å². The molecule has 1 unspecified atom stereocenters. The quantitative estimate of drug-likeness (QED) is 0.857. The van der Waals surface area contributed by atoms with Crippen LogP contribution >= 0.6 is 0 Å². The molecule has 1 aromatic heterocycles. The molecule has 0 amide bonds. The first kappa shape index (κ1) is 14.8. The lowest BCUT2D eigenvalue weighted by Crippen LogP contribution is -2.24. The van der Waals surface area contributed by atoms with Gasteiger partial charge in [0.25, 0.3) is 0 Å². The molecule has 1 fully saturated rings. The van der Waals surface area contributed by atoms with Crippen molar-refractivity contribution in [2.45, 2.75) is 58.2 Å². The van der Waals surface area contributed by atoms with Gasteiger partial charge in [-0.2, -0.15) is 0 Å². The molecule has 1 aromatic carbocycles. The van der Waals surface area contributed by atoms with Gasteiger partial charge in [0, 0.05) is 19.0 Å². The zero-order chi connectivity index (χ0) is 16.0. The molecule has 4 nitrogen and oxygen atoms in total. The van der Waals surface area contributed by atoms with Crippen molar-refractivity contribution in [1.82, 2.24) is 10.1 Å². The summed E-state index contributed by atoms with van der Waals surface area (Å²) in [5.41, 5.74) is 3.57. The maximum atomic E-state index is 5.98. The molecule has 0 radical (unpaired) electrons. The second-order valence-electron chi connectivity index (χ2n) is 7.48. The third-order valence-corrected chi connectivity index (χ3v) is 4.85. The molecule has 0 spiro atoms. The molecule has 3 heterocycles. The molecule has 2 aliphatic heterocycles. The molecule has 4 rings (SSSR count). The average molecular weight is 312 g/mol. The molecular formula is C19H24N2O2. The number of hydrogen-bond acceptors (Lipinski definition) is 4. The fraction of sp³-hybridized carbons (Fsp3) is 0.526. The van der Waals surface area contributed by atoms with Crippen molar-refractivity contribution < 1.29 is 9.26 Å².